The van der Waals surface area contributed by atoms with E-state index in [2.05, 4.69) is 40.2 Å². The quantitative estimate of drug-likeness (QED) is 0.876. The Kier molecular flexibility index (Phi) is 5.21. The number of aromatic nitrogens is 2. The summed E-state index contributed by atoms with van der Waals surface area (Å²) in [5.74, 6) is 0.698. The van der Waals surface area contributed by atoms with Crippen LogP contribution in [0.4, 0.5) is 0 Å². The van der Waals surface area contributed by atoms with Crippen molar-refractivity contribution < 1.29 is 4.74 Å². The molecule has 18 heavy (non-hydrogen) atoms. The zero-order valence-electron chi connectivity index (χ0n) is 11.1. The molecular weight excluding hydrogens is 294 g/mol. The van der Waals surface area contributed by atoms with Gasteiger partial charge in [-0.3, -0.25) is 4.68 Å². The number of ether oxygens (including phenoxy) is 1. The molecule has 5 heteroatoms. The molecular formula is C13H22BrN3O. The average molecular weight is 316 g/mol. The summed E-state index contributed by atoms with van der Waals surface area (Å²) in [5.41, 5.74) is 0. The van der Waals surface area contributed by atoms with Crippen molar-refractivity contribution in [1.29, 1.82) is 0 Å². The normalized spacial score (nSPS) is 24.0. The molecule has 2 rings (SSSR count). The van der Waals surface area contributed by atoms with E-state index in [0.29, 0.717) is 18.1 Å². The lowest BCUT2D eigenvalue weighted by atomic mass is 10.2. The predicted molar refractivity (Wildman–Crippen MR) is 75.5 cm³/mol. The van der Waals surface area contributed by atoms with Crippen LogP contribution in [0.25, 0.3) is 0 Å². The van der Waals surface area contributed by atoms with Gasteiger partial charge in [0, 0.05) is 12.7 Å². The Hall–Kier alpha value is -0.390. The van der Waals surface area contributed by atoms with Crippen molar-refractivity contribution in [2.45, 2.75) is 45.4 Å². The third-order valence-corrected chi connectivity index (χ3v) is 3.52. The van der Waals surface area contributed by atoms with E-state index in [-0.39, 0.29) is 0 Å². The highest BCUT2D eigenvalue weighted by atomic mass is 79.9. The van der Waals surface area contributed by atoms with E-state index < -0.39 is 0 Å². The summed E-state index contributed by atoms with van der Waals surface area (Å²) in [7, 11) is 0. The van der Waals surface area contributed by atoms with E-state index in [1.807, 2.05) is 17.1 Å². The summed E-state index contributed by atoms with van der Waals surface area (Å²) in [6, 6.07) is 0. The summed E-state index contributed by atoms with van der Waals surface area (Å²) in [5, 5.41) is 7.72. The maximum absolute atomic E-state index is 6.02. The van der Waals surface area contributed by atoms with Gasteiger partial charge in [0.2, 0.25) is 0 Å². The number of hydrogen-bond acceptors (Lipinski definition) is 3. The molecule has 1 aromatic rings. The second-order valence-corrected chi connectivity index (χ2v) is 6.31. The molecule has 102 valence electrons. The Morgan fingerprint density at radius 3 is 2.94 bits per heavy atom. The van der Waals surface area contributed by atoms with Gasteiger partial charge in [-0.2, -0.15) is 5.10 Å². The molecule has 1 N–H and O–H groups in total. The number of nitrogens with zero attached hydrogens (tertiary/aromatic N) is 2. The lowest BCUT2D eigenvalue weighted by Gasteiger charge is -2.15. The van der Waals surface area contributed by atoms with Crippen molar-refractivity contribution in [2.75, 3.05) is 13.1 Å². The summed E-state index contributed by atoms with van der Waals surface area (Å²) >= 11 is 3.41. The number of rotatable bonds is 6. The van der Waals surface area contributed by atoms with Crippen LogP contribution in [0.1, 0.15) is 26.7 Å². The lowest BCUT2D eigenvalue weighted by molar-refractivity contribution is 0.0339. The van der Waals surface area contributed by atoms with Crippen LogP contribution in [-0.4, -0.2) is 35.1 Å². The Bertz CT molecular complexity index is 367. The molecule has 0 radical (unpaired) electrons. The molecule has 4 nitrogen and oxygen atoms in total. The molecule has 1 aliphatic heterocycles. The Morgan fingerprint density at radius 1 is 1.50 bits per heavy atom. The predicted octanol–water partition coefficient (Wildman–Crippen LogP) is 2.44. The van der Waals surface area contributed by atoms with Crippen LogP contribution < -0.4 is 5.32 Å². The first kappa shape index (κ1) is 14.0. The van der Waals surface area contributed by atoms with Crippen LogP contribution in [0.15, 0.2) is 16.9 Å². The summed E-state index contributed by atoms with van der Waals surface area (Å²) in [6.07, 6.45) is 6.77. The molecule has 0 bridgehead atoms. The van der Waals surface area contributed by atoms with Crippen molar-refractivity contribution in [2.24, 2.45) is 5.92 Å². The van der Waals surface area contributed by atoms with E-state index in [1.165, 1.54) is 0 Å². The first-order valence-electron chi connectivity index (χ1n) is 6.67. The Balaban J connectivity index is 1.68. The maximum atomic E-state index is 6.02. The highest BCUT2D eigenvalue weighted by molar-refractivity contribution is 9.10. The maximum Gasteiger partial charge on any atom is 0.0776 e. The van der Waals surface area contributed by atoms with Gasteiger partial charge >= 0.3 is 0 Å². The zero-order valence-corrected chi connectivity index (χ0v) is 12.7. The topological polar surface area (TPSA) is 39.1 Å². The van der Waals surface area contributed by atoms with Crippen molar-refractivity contribution >= 4 is 15.9 Å². The Morgan fingerprint density at radius 2 is 2.28 bits per heavy atom. The molecule has 1 fully saturated rings. The number of hydrogen-bond donors (Lipinski definition) is 1. The minimum absolute atomic E-state index is 0.308. The molecule has 1 aromatic heterocycles. The second-order valence-electron chi connectivity index (χ2n) is 5.39. The van der Waals surface area contributed by atoms with Gasteiger partial charge in [-0.05, 0) is 41.2 Å². The molecule has 2 atom stereocenters. The molecule has 1 saturated heterocycles. The van der Waals surface area contributed by atoms with Crippen LogP contribution in [-0.2, 0) is 11.3 Å². The minimum Gasteiger partial charge on any atom is -0.372 e. The Labute approximate surface area is 117 Å². The van der Waals surface area contributed by atoms with Crippen LogP contribution in [0.5, 0.6) is 0 Å². The van der Waals surface area contributed by atoms with E-state index in [9.17, 15) is 0 Å². The van der Waals surface area contributed by atoms with E-state index in [1.54, 1.807) is 0 Å². The zero-order chi connectivity index (χ0) is 13.0. The van der Waals surface area contributed by atoms with Gasteiger partial charge < -0.3 is 10.1 Å². The molecule has 0 saturated carbocycles. The summed E-state index contributed by atoms with van der Waals surface area (Å²) < 4.78 is 8.98. The smallest absolute Gasteiger partial charge is 0.0776 e. The SMILES string of the molecule is CC(C)CNCC1CCC(Cn2cc(Br)cn2)O1. The summed E-state index contributed by atoms with van der Waals surface area (Å²) in [6.45, 7) is 7.34. The van der Waals surface area contributed by atoms with Crippen molar-refractivity contribution in [1.82, 2.24) is 15.1 Å². The largest absolute Gasteiger partial charge is 0.372 e. The number of halogens is 1. The lowest BCUT2D eigenvalue weighted by Crippen LogP contribution is -2.30. The minimum atomic E-state index is 0.308. The molecule has 1 aliphatic rings. The van der Waals surface area contributed by atoms with Gasteiger partial charge in [0.25, 0.3) is 0 Å². The van der Waals surface area contributed by atoms with E-state index in [4.69, 9.17) is 4.74 Å². The van der Waals surface area contributed by atoms with Gasteiger partial charge in [0.15, 0.2) is 0 Å². The van der Waals surface area contributed by atoms with Crippen LogP contribution in [0, 0.1) is 5.92 Å². The fraction of sp³-hybridized carbons (Fsp3) is 0.769. The monoisotopic (exact) mass is 315 g/mol. The standard InChI is InChI=1S/C13H22BrN3O/c1-10(2)5-15-7-12-3-4-13(18-12)9-17-8-11(14)6-16-17/h6,8,10,12-13,15H,3-5,7,9H2,1-2H3. The highest BCUT2D eigenvalue weighted by Crippen LogP contribution is 2.21. The molecule has 0 amide bonds. The average Bonchev–Trinajstić information content (AvgIpc) is 2.89. The van der Waals surface area contributed by atoms with Crippen molar-refractivity contribution in [3.8, 4) is 0 Å². The third kappa shape index (κ3) is 4.37. The van der Waals surface area contributed by atoms with Crippen LogP contribution in [0.2, 0.25) is 0 Å². The van der Waals surface area contributed by atoms with Gasteiger partial charge in [-0.25, -0.2) is 0 Å². The molecule has 0 aliphatic carbocycles. The van der Waals surface area contributed by atoms with E-state index >= 15 is 0 Å². The van der Waals surface area contributed by atoms with Gasteiger partial charge in [-0.15, -0.1) is 0 Å². The first-order valence-corrected chi connectivity index (χ1v) is 7.47. The fourth-order valence-corrected chi connectivity index (χ4v) is 2.57. The molecule has 0 spiro atoms. The third-order valence-electron chi connectivity index (χ3n) is 3.11. The number of nitrogens with one attached hydrogen (secondary N) is 1. The van der Waals surface area contributed by atoms with Gasteiger partial charge in [0.1, 0.15) is 0 Å². The van der Waals surface area contributed by atoms with Crippen molar-refractivity contribution in [3.05, 3.63) is 16.9 Å². The fourth-order valence-electron chi connectivity index (χ4n) is 2.24. The first-order chi connectivity index (χ1) is 8.63. The molecule has 2 unspecified atom stereocenters. The van der Waals surface area contributed by atoms with Crippen LogP contribution >= 0.6 is 15.9 Å². The van der Waals surface area contributed by atoms with Crippen LogP contribution in [0.3, 0.4) is 0 Å². The van der Waals surface area contributed by atoms with Gasteiger partial charge in [0.05, 0.1) is 29.4 Å². The van der Waals surface area contributed by atoms with Gasteiger partial charge in [-0.1, -0.05) is 13.8 Å². The van der Waals surface area contributed by atoms with Crippen molar-refractivity contribution in [3.63, 3.8) is 0 Å². The second kappa shape index (κ2) is 6.68. The van der Waals surface area contributed by atoms with E-state index in [0.717, 1.165) is 36.9 Å². The highest BCUT2D eigenvalue weighted by Gasteiger charge is 2.25. The summed E-state index contributed by atoms with van der Waals surface area (Å²) in [4.78, 5) is 0. The molecule has 2 heterocycles. The molecule has 0 aromatic carbocycles.